The standard InChI is InChI=1S/C19H19F2N3O5S/c20-14-6-7-15(21)16(10-14)30(27,28)24-8-9-29-17(24)12-23-19(26)18(25)22-11-13-4-2-1-3-5-13/h1-7,10,17H,8-9,11-12H2,(H,22,25)(H,23,26)/t17-/m0/s1. The number of halogens is 2. The number of hydrogen-bond donors (Lipinski definition) is 2. The van der Waals surface area contributed by atoms with Crippen LogP contribution in [-0.2, 0) is 30.9 Å². The van der Waals surface area contributed by atoms with Crippen molar-refractivity contribution in [2.75, 3.05) is 19.7 Å². The molecular weight excluding hydrogens is 420 g/mol. The Kier molecular flexibility index (Phi) is 6.75. The fraction of sp³-hybridized carbons (Fsp3) is 0.263. The average molecular weight is 439 g/mol. The second-order valence-corrected chi connectivity index (χ2v) is 8.25. The minimum absolute atomic E-state index is 0.00307. The Balaban J connectivity index is 1.60. The van der Waals surface area contributed by atoms with Crippen molar-refractivity contribution >= 4 is 21.8 Å². The van der Waals surface area contributed by atoms with Gasteiger partial charge in [0.05, 0.1) is 13.2 Å². The quantitative estimate of drug-likeness (QED) is 0.647. The summed E-state index contributed by atoms with van der Waals surface area (Å²) in [6.07, 6.45) is -1.16. The highest BCUT2D eigenvalue weighted by molar-refractivity contribution is 7.89. The van der Waals surface area contributed by atoms with Gasteiger partial charge in [-0.05, 0) is 23.8 Å². The molecule has 0 aliphatic carbocycles. The first kappa shape index (κ1) is 21.8. The highest BCUT2D eigenvalue weighted by atomic mass is 32.2. The van der Waals surface area contributed by atoms with Gasteiger partial charge in [0.25, 0.3) is 0 Å². The molecule has 1 saturated heterocycles. The number of rotatable bonds is 6. The van der Waals surface area contributed by atoms with Crippen molar-refractivity contribution in [2.24, 2.45) is 0 Å². The first-order valence-corrected chi connectivity index (χ1v) is 10.4. The van der Waals surface area contributed by atoms with Gasteiger partial charge in [-0.1, -0.05) is 30.3 Å². The summed E-state index contributed by atoms with van der Waals surface area (Å²) < 4.78 is 58.9. The number of nitrogens with zero attached hydrogens (tertiary/aromatic N) is 1. The number of ether oxygens (including phenoxy) is 1. The van der Waals surface area contributed by atoms with Crippen molar-refractivity contribution in [3.8, 4) is 0 Å². The number of nitrogens with one attached hydrogen (secondary N) is 2. The molecule has 2 N–H and O–H groups in total. The molecule has 2 aromatic carbocycles. The van der Waals surface area contributed by atoms with E-state index in [1.54, 1.807) is 24.3 Å². The molecule has 160 valence electrons. The number of carbonyl (C=O) groups is 2. The summed E-state index contributed by atoms with van der Waals surface area (Å²) in [5.74, 6) is -3.89. The van der Waals surface area contributed by atoms with Gasteiger partial charge in [-0.15, -0.1) is 0 Å². The third-order valence-corrected chi connectivity index (χ3v) is 6.27. The Hall–Kier alpha value is -2.89. The largest absolute Gasteiger partial charge is 0.359 e. The number of benzene rings is 2. The van der Waals surface area contributed by atoms with E-state index in [-0.39, 0.29) is 26.2 Å². The lowest BCUT2D eigenvalue weighted by Gasteiger charge is -2.23. The Labute approximate surface area is 171 Å². The van der Waals surface area contributed by atoms with Crippen LogP contribution in [0.3, 0.4) is 0 Å². The molecule has 1 aliphatic heterocycles. The number of amides is 2. The van der Waals surface area contributed by atoms with Crippen molar-refractivity contribution in [1.82, 2.24) is 14.9 Å². The van der Waals surface area contributed by atoms with Crippen LogP contribution < -0.4 is 10.6 Å². The summed E-state index contributed by atoms with van der Waals surface area (Å²) in [6, 6.07) is 11.0. The number of sulfonamides is 1. The molecule has 0 aromatic heterocycles. The molecule has 2 amide bonds. The summed E-state index contributed by atoms with van der Waals surface area (Å²) in [7, 11) is -4.41. The van der Waals surface area contributed by atoms with E-state index in [0.717, 1.165) is 15.9 Å². The molecule has 1 heterocycles. The predicted molar refractivity (Wildman–Crippen MR) is 101 cm³/mol. The van der Waals surface area contributed by atoms with Crippen molar-refractivity contribution in [2.45, 2.75) is 17.7 Å². The molecular formula is C19H19F2N3O5S. The predicted octanol–water partition coefficient (Wildman–Crippen LogP) is 0.744. The summed E-state index contributed by atoms with van der Waals surface area (Å²) in [4.78, 5) is 23.1. The Morgan fingerprint density at radius 3 is 2.50 bits per heavy atom. The van der Waals surface area contributed by atoms with E-state index >= 15 is 0 Å². The maximum absolute atomic E-state index is 14.0. The van der Waals surface area contributed by atoms with Crippen LogP contribution in [0.15, 0.2) is 53.4 Å². The molecule has 1 fully saturated rings. The van der Waals surface area contributed by atoms with Gasteiger partial charge in [0, 0.05) is 13.1 Å². The van der Waals surface area contributed by atoms with E-state index in [4.69, 9.17) is 4.74 Å². The van der Waals surface area contributed by atoms with Crippen molar-refractivity contribution in [1.29, 1.82) is 0 Å². The van der Waals surface area contributed by atoms with Crippen LogP contribution in [-0.4, -0.2) is 50.5 Å². The van der Waals surface area contributed by atoms with Crippen LogP contribution in [0.4, 0.5) is 8.78 Å². The summed E-state index contributed by atoms with van der Waals surface area (Å²) in [5.41, 5.74) is 0.798. The number of hydrogen-bond acceptors (Lipinski definition) is 5. The molecule has 0 saturated carbocycles. The zero-order chi connectivity index (χ0) is 21.7. The first-order valence-electron chi connectivity index (χ1n) is 8.97. The van der Waals surface area contributed by atoms with Crippen LogP contribution in [0.5, 0.6) is 0 Å². The van der Waals surface area contributed by atoms with Gasteiger partial charge in [-0.2, -0.15) is 4.31 Å². The SMILES string of the molecule is O=C(NCc1ccccc1)C(=O)NC[C@@H]1OCCN1S(=O)(=O)c1cc(F)ccc1F. The first-order chi connectivity index (χ1) is 14.3. The van der Waals surface area contributed by atoms with Crippen molar-refractivity contribution < 1.29 is 31.5 Å². The fourth-order valence-electron chi connectivity index (χ4n) is 2.86. The van der Waals surface area contributed by atoms with Crippen molar-refractivity contribution in [3.63, 3.8) is 0 Å². The van der Waals surface area contributed by atoms with Gasteiger partial charge in [-0.3, -0.25) is 9.59 Å². The molecule has 0 unspecified atom stereocenters. The molecule has 2 aromatic rings. The second kappa shape index (κ2) is 9.28. The van der Waals surface area contributed by atoms with E-state index in [0.29, 0.717) is 12.1 Å². The molecule has 0 radical (unpaired) electrons. The highest BCUT2D eigenvalue weighted by Crippen LogP contribution is 2.24. The Bertz CT molecular complexity index is 1030. The smallest absolute Gasteiger partial charge is 0.309 e. The molecule has 8 nitrogen and oxygen atoms in total. The fourth-order valence-corrected chi connectivity index (χ4v) is 4.45. The molecule has 0 bridgehead atoms. The van der Waals surface area contributed by atoms with Gasteiger partial charge in [0.2, 0.25) is 10.0 Å². The van der Waals surface area contributed by atoms with Gasteiger partial charge in [0.1, 0.15) is 22.8 Å². The van der Waals surface area contributed by atoms with Gasteiger partial charge < -0.3 is 15.4 Å². The van der Waals surface area contributed by atoms with Crippen molar-refractivity contribution in [3.05, 3.63) is 65.7 Å². The third kappa shape index (κ3) is 4.99. The normalized spacial score (nSPS) is 16.9. The summed E-state index contributed by atoms with van der Waals surface area (Å²) in [5, 5.41) is 4.73. The van der Waals surface area contributed by atoms with Gasteiger partial charge in [-0.25, -0.2) is 17.2 Å². The van der Waals surface area contributed by atoms with Crippen LogP contribution in [0, 0.1) is 11.6 Å². The zero-order valence-electron chi connectivity index (χ0n) is 15.7. The van der Waals surface area contributed by atoms with E-state index < -0.39 is 44.6 Å². The maximum Gasteiger partial charge on any atom is 0.309 e. The van der Waals surface area contributed by atoms with E-state index in [1.165, 1.54) is 0 Å². The van der Waals surface area contributed by atoms with Crippen LogP contribution in [0.1, 0.15) is 5.56 Å². The van der Waals surface area contributed by atoms with E-state index in [9.17, 15) is 26.8 Å². The minimum Gasteiger partial charge on any atom is -0.359 e. The zero-order valence-corrected chi connectivity index (χ0v) is 16.5. The lowest BCUT2D eigenvalue weighted by Crippen LogP contribution is -2.47. The summed E-state index contributed by atoms with van der Waals surface area (Å²) in [6.45, 7) is -0.309. The van der Waals surface area contributed by atoms with E-state index in [2.05, 4.69) is 10.6 Å². The molecule has 1 atom stereocenters. The third-order valence-electron chi connectivity index (χ3n) is 4.36. The van der Waals surface area contributed by atoms with Crippen LogP contribution >= 0.6 is 0 Å². The molecule has 30 heavy (non-hydrogen) atoms. The maximum atomic E-state index is 14.0. The topological polar surface area (TPSA) is 105 Å². The van der Waals surface area contributed by atoms with Gasteiger partial charge in [0.15, 0.2) is 0 Å². The molecule has 11 heteroatoms. The van der Waals surface area contributed by atoms with Crippen LogP contribution in [0.25, 0.3) is 0 Å². The van der Waals surface area contributed by atoms with Crippen LogP contribution in [0.2, 0.25) is 0 Å². The lowest BCUT2D eigenvalue weighted by molar-refractivity contribution is -0.139. The monoisotopic (exact) mass is 439 g/mol. The Morgan fingerprint density at radius 1 is 1.07 bits per heavy atom. The number of carbonyl (C=O) groups excluding carboxylic acids is 2. The highest BCUT2D eigenvalue weighted by Gasteiger charge is 2.38. The lowest BCUT2D eigenvalue weighted by atomic mass is 10.2. The van der Waals surface area contributed by atoms with E-state index in [1.807, 2.05) is 6.07 Å². The molecule has 1 aliphatic rings. The average Bonchev–Trinajstić information content (AvgIpc) is 3.22. The molecule has 0 spiro atoms. The second-order valence-electron chi connectivity index (χ2n) is 6.39. The Morgan fingerprint density at radius 2 is 1.77 bits per heavy atom. The van der Waals surface area contributed by atoms with Gasteiger partial charge >= 0.3 is 11.8 Å². The summed E-state index contributed by atoms with van der Waals surface area (Å²) >= 11 is 0. The molecule has 3 rings (SSSR count). The minimum atomic E-state index is -4.41.